The summed E-state index contributed by atoms with van der Waals surface area (Å²) in [5.74, 6) is 0. The highest BCUT2D eigenvalue weighted by atomic mass is 32.2. The Morgan fingerprint density at radius 3 is 2.54 bits per heavy atom. The second-order valence-electron chi connectivity index (χ2n) is 2.76. The van der Waals surface area contributed by atoms with Crippen LogP contribution in [0.3, 0.4) is 0 Å². The molecule has 0 saturated carbocycles. The van der Waals surface area contributed by atoms with Crippen LogP contribution in [0.25, 0.3) is 0 Å². The smallest absolute Gasteiger partial charge is 0.0776 e. The fourth-order valence-electron chi connectivity index (χ4n) is 0.811. The van der Waals surface area contributed by atoms with Gasteiger partial charge in [0.2, 0.25) is 0 Å². The standard InChI is InChI=1S/C11H12OS/c1-10(2)8-9-13(12)11-6-4-3-5-7-11/h3-9H,1H2,2H3/b9-8+/t13-/m1/s1. The highest BCUT2D eigenvalue weighted by Crippen LogP contribution is 2.07. The highest BCUT2D eigenvalue weighted by Gasteiger charge is 1.95. The van der Waals surface area contributed by atoms with Crippen molar-refractivity contribution < 1.29 is 4.21 Å². The van der Waals surface area contributed by atoms with Gasteiger partial charge in [-0.2, -0.15) is 0 Å². The van der Waals surface area contributed by atoms with Gasteiger partial charge in [-0.3, -0.25) is 0 Å². The molecule has 0 saturated heterocycles. The van der Waals surface area contributed by atoms with Crippen molar-refractivity contribution in [1.29, 1.82) is 0 Å². The minimum atomic E-state index is -1.05. The Labute approximate surface area is 81.3 Å². The molecule has 0 aromatic heterocycles. The molecule has 2 heteroatoms. The fourth-order valence-corrected chi connectivity index (χ4v) is 1.75. The van der Waals surface area contributed by atoms with Crippen LogP contribution in [0.5, 0.6) is 0 Å². The molecule has 0 heterocycles. The van der Waals surface area contributed by atoms with Gasteiger partial charge in [-0.25, -0.2) is 4.21 Å². The zero-order chi connectivity index (χ0) is 9.68. The summed E-state index contributed by atoms with van der Waals surface area (Å²) in [6, 6.07) is 9.35. The number of rotatable bonds is 3. The first kappa shape index (κ1) is 9.93. The third kappa shape index (κ3) is 3.38. The van der Waals surface area contributed by atoms with Crippen molar-refractivity contribution in [3.63, 3.8) is 0 Å². The number of hydrogen-bond donors (Lipinski definition) is 0. The van der Waals surface area contributed by atoms with Gasteiger partial charge in [-0.05, 0) is 19.1 Å². The fraction of sp³-hybridized carbons (Fsp3) is 0.0909. The molecule has 1 rings (SSSR count). The Hall–Kier alpha value is -1.15. The lowest BCUT2D eigenvalue weighted by Gasteiger charge is -1.94. The topological polar surface area (TPSA) is 17.1 Å². The van der Waals surface area contributed by atoms with E-state index in [0.717, 1.165) is 10.5 Å². The summed E-state index contributed by atoms with van der Waals surface area (Å²) in [4.78, 5) is 0.819. The predicted molar refractivity (Wildman–Crippen MR) is 56.8 cm³/mol. The molecule has 1 aromatic carbocycles. The van der Waals surface area contributed by atoms with Crippen molar-refractivity contribution in [2.75, 3.05) is 0 Å². The van der Waals surface area contributed by atoms with E-state index in [-0.39, 0.29) is 0 Å². The molecule has 0 aliphatic heterocycles. The van der Waals surface area contributed by atoms with Gasteiger partial charge in [-0.1, -0.05) is 36.4 Å². The molecule has 0 aliphatic rings. The molecule has 13 heavy (non-hydrogen) atoms. The maximum Gasteiger partial charge on any atom is 0.0776 e. The summed E-state index contributed by atoms with van der Waals surface area (Å²) in [5.41, 5.74) is 0.907. The van der Waals surface area contributed by atoms with Gasteiger partial charge in [0.05, 0.1) is 10.8 Å². The normalized spacial score (nSPS) is 13.0. The lowest BCUT2D eigenvalue weighted by atomic mass is 10.4. The van der Waals surface area contributed by atoms with Crippen molar-refractivity contribution in [2.24, 2.45) is 0 Å². The van der Waals surface area contributed by atoms with Crippen LogP contribution in [-0.2, 0) is 10.8 Å². The Bertz CT molecular complexity index is 338. The molecular weight excluding hydrogens is 180 g/mol. The molecule has 1 aromatic rings. The van der Waals surface area contributed by atoms with Crippen LogP contribution in [0.4, 0.5) is 0 Å². The predicted octanol–water partition coefficient (Wildman–Crippen LogP) is 2.88. The quantitative estimate of drug-likeness (QED) is 0.673. The van der Waals surface area contributed by atoms with E-state index in [1.165, 1.54) is 0 Å². The van der Waals surface area contributed by atoms with E-state index >= 15 is 0 Å². The summed E-state index contributed by atoms with van der Waals surface area (Å²) in [6.07, 6.45) is 1.77. The van der Waals surface area contributed by atoms with E-state index < -0.39 is 10.8 Å². The zero-order valence-corrected chi connectivity index (χ0v) is 8.38. The summed E-state index contributed by atoms with van der Waals surface area (Å²) < 4.78 is 11.5. The lowest BCUT2D eigenvalue weighted by Crippen LogP contribution is -1.84. The molecule has 1 atom stereocenters. The first-order valence-electron chi connectivity index (χ1n) is 3.99. The molecule has 0 aliphatic carbocycles. The molecule has 68 valence electrons. The van der Waals surface area contributed by atoms with Gasteiger partial charge in [0, 0.05) is 10.3 Å². The van der Waals surface area contributed by atoms with E-state index in [4.69, 9.17) is 0 Å². The highest BCUT2D eigenvalue weighted by molar-refractivity contribution is 7.88. The minimum Gasteiger partial charge on any atom is -0.250 e. The molecule has 0 fully saturated rings. The van der Waals surface area contributed by atoms with E-state index in [0.29, 0.717) is 0 Å². The largest absolute Gasteiger partial charge is 0.250 e. The Morgan fingerprint density at radius 2 is 2.00 bits per heavy atom. The summed E-state index contributed by atoms with van der Waals surface area (Å²) >= 11 is 0. The second kappa shape index (κ2) is 4.77. The first-order chi connectivity index (χ1) is 6.20. The van der Waals surface area contributed by atoms with Crippen LogP contribution < -0.4 is 0 Å². The monoisotopic (exact) mass is 192 g/mol. The van der Waals surface area contributed by atoms with Crippen molar-refractivity contribution in [2.45, 2.75) is 11.8 Å². The number of benzene rings is 1. The molecule has 0 N–H and O–H groups in total. The van der Waals surface area contributed by atoms with Crippen LogP contribution in [-0.4, -0.2) is 4.21 Å². The van der Waals surface area contributed by atoms with Gasteiger partial charge in [0.15, 0.2) is 0 Å². The first-order valence-corrected chi connectivity index (χ1v) is 5.21. The van der Waals surface area contributed by atoms with Gasteiger partial charge in [-0.15, -0.1) is 0 Å². The van der Waals surface area contributed by atoms with Crippen molar-refractivity contribution in [3.8, 4) is 0 Å². The zero-order valence-electron chi connectivity index (χ0n) is 7.57. The number of hydrogen-bond acceptors (Lipinski definition) is 1. The Kier molecular flexibility index (Phi) is 3.65. The van der Waals surface area contributed by atoms with Crippen LogP contribution in [0, 0.1) is 0 Å². The summed E-state index contributed by atoms with van der Waals surface area (Å²) in [6.45, 7) is 5.57. The maximum atomic E-state index is 11.5. The average Bonchev–Trinajstić information content (AvgIpc) is 2.15. The van der Waals surface area contributed by atoms with E-state index in [2.05, 4.69) is 6.58 Å². The van der Waals surface area contributed by atoms with Gasteiger partial charge in [0.25, 0.3) is 0 Å². The molecular formula is C11H12OS. The molecule has 0 unspecified atom stereocenters. The van der Waals surface area contributed by atoms with Gasteiger partial charge in [0.1, 0.15) is 0 Å². The van der Waals surface area contributed by atoms with E-state index in [1.54, 1.807) is 11.5 Å². The molecule has 0 radical (unpaired) electrons. The molecule has 0 amide bonds. The Balaban J connectivity index is 2.76. The second-order valence-corrected chi connectivity index (χ2v) is 4.10. The van der Waals surface area contributed by atoms with Crippen LogP contribution in [0.15, 0.2) is 58.9 Å². The van der Waals surface area contributed by atoms with E-state index in [9.17, 15) is 4.21 Å². The van der Waals surface area contributed by atoms with Crippen LogP contribution in [0.1, 0.15) is 6.92 Å². The lowest BCUT2D eigenvalue weighted by molar-refractivity contribution is 0.688. The van der Waals surface area contributed by atoms with Gasteiger partial charge < -0.3 is 0 Å². The van der Waals surface area contributed by atoms with Crippen molar-refractivity contribution in [1.82, 2.24) is 0 Å². The van der Waals surface area contributed by atoms with Crippen LogP contribution >= 0.6 is 0 Å². The third-order valence-corrected chi connectivity index (χ3v) is 2.57. The number of allylic oxidation sites excluding steroid dienone is 2. The summed E-state index contributed by atoms with van der Waals surface area (Å²) in [7, 11) is -1.05. The molecule has 0 spiro atoms. The maximum absolute atomic E-state index is 11.5. The van der Waals surface area contributed by atoms with E-state index in [1.807, 2.05) is 37.3 Å². The minimum absolute atomic E-state index is 0.819. The van der Waals surface area contributed by atoms with Crippen molar-refractivity contribution >= 4 is 10.8 Å². The SMILES string of the molecule is C=C(C)/C=C/[S@@](=O)c1ccccc1. The third-order valence-electron chi connectivity index (χ3n) is 1.45. The van der Waals surface area contributed by atoms with Crippen LogP contribution in [0.2, 0.25) is 0 Å². The Morgan fingerprint density at radius 1 is 1.38 bits per heavy atom. The average molecular weight is 192 g/mol. The van der Waals surface area contributed by atoms with Crippen molar-refractivity contribution in [3.05, 3.63) is 54.0 Å². The summed E-state index contributed by atoms with van der Waals surface area (Å²) in [5, 5.41) is 1.65. The van der Waals surface area contributed by atoms with Gasteiger partial charge >= 0.3 is 0 Å². The molecule has 1 nitrogen and oxygen atoms in total. The molecule has 0 bridgehead atoms.